The second-order valence-electron chi connectivity index (χ2n) is 4.36. The topological polar surface area (TPSA) is 29.5 Å². The number of halogens is 3. The molecule has 0 aliphatic carbocycles. The van der Waals surface area contributed by atoms with Crippen molar-refractivity contribution in [2.75, 3.05) is 0 Å². The van der Waals surface area contributed by atoms with Crippen molar-refractivity contribution in [3.05, 3.63) is 64.2 Å². The van der Waals surface area contributed by atoms with Crippen LogP contribution in [0.4, 0.5) is 8.78 Å². The van der Waals surface area contributed by atoms with Crippen LogP contribution in [0.3, 0.4) is 0 Å². The maximum absolute atomic E-state index is 13.7. The zero-order valence-corrected chi connectivity index (χ0v) is 11.5. The number of hydrogen-bond acceptors (Lipinski definition) is 2. The first-order chi connectivity index (χ1) is 9.49. The number of benzene rings is 2. The van der Waals surface area contributed by atoms with Crippen molar-refractivity contribution in [2.24, 2.45) is 0 Å². The second kappa shape index (κ2) is 6.20. The fraction of sp³-hybridized carbons (Fsp3) is 0.200. The Morgan fingerprint density at radius 3 is 2.70 bits per heavy atom. The van der Waals surface area contributed by atoms with Gasteiger partial charge in [0.1, 0.15) is 24.0 Å². The molecule has 0 unspecified atom stereocenters. The van der Waals surface area contributed by atoms with Gasteiger partial charge >= 0.3 is 0 Å². The first-order valence-electron chi connectivity index (χ1n) is 6.02. The lowest BCUT2D eigenvalue weighted by molar-refractivity contribution is 0.189. The van der Waals surface area contributed by atoms with E-state index < -0.39 is 17.7 Å². The highest BCUT2D eigenvalue weighted by atomic mass is 35.5. The molecule has 20 heavy (non-hydrogen) atoms. The molecule has 0 saturated heterocycles. The van der Waals surface area contributed by atoms with Gasteiger partial charge in [0.15, 0.2) is 0 Å². The van der Waals surface area contributed by atoms with E-state index in [1.165, 1.54) is 24.3 Å². The minimum absolute atomic E-state index is 0.00101. The monoisotopic (exact) mass is 298 g/mol. The zero-order valence-electron chi connectivity index (χ0n) is 10.7. The maximum atomic E-state index is 13.7. The number of ether oxygens (including phenoxy) is 1. The summed E-state index contributed by atoms with van der Waals surface area (Å²) in [6.45, 7) is 1.44. The lowest BCUT2D eigenvalue weighted by atomic mass is 10.1. The van der Waals surface area contributed by atoms with E-state index in [1.54, 1.807) is 13.0 Å². The second-order valence-corrected chi connectivity index (χ2v) is 4.77. The fourth-order valence-electron chi connectivity index (χ4n) is 1.79. The first kappa shape index (κ1) is 14.8. The molecule has 0 amide bonds. The third-order valence-electron chi connectivity index (χ3n) is 2.84. The molecule has 106 valence electrons. The quantitative estimate of drug-likeness (QED) is 0.914. The van der Waals surface area contributed by atoms with Gasteiger partial charge < -0.3 is 9.84 Å². The van der Waals surface area contributed by atoms with Crippen molar-refractivity contribution in [3.8, 4) is 5.75 Å². The van der Waals surface area contributed by atoms with Gasteiger partial charge in [-0.2, -0.15) is 0 Å². The van der Waals surface area contributed by atoms with Crippen molar-refractivity contribution in [3.63, 3.8) is 0 Å². The molecule has 0 aliphatic heterocycles. The van der Waals surface area contributed by atoms with Crippen LogP contribution in [0.15, 0.2) is 36.4 Å². The van der Waals surface area contributed by atoms with Gasteiger partial charge in [-0.1, -0.05) is 23.7 Å². The summed E-state index contributed by atoms with van der Waals surface area (Å²) >= 11 is 5.67. The lowest BCUT2D eigenvalue weighted by Gasteiger charge is -2.14. The van der Waals surface area contributed by atoms with E-state index in [9.17, 15) is 13.9 Å². The molecule has 1 N–H and O–H groups in total. The van der Waals surface area contributed by atoms with Crippen LogP contribution in [0.5, 0.6) is 5.75 Å². The van der Waals surface area contributed by atoms with Crippen LogP contribution >= 0.6 is 11.6 Å². The van der Waals surface area contributed by atoms with Crippen molar-refractivity contribution in [1.29, 1.82) is 0 Å². The molecule has 1 atom stereocenters. The van der Waals surface area contributed by atoms with E-state index in [-0.39, 0.29) is 22.9 Å². The summed E-state index contributed by atoms with van der Waals surface area (Å²) in [4.78, 5) is 0. The minimum atomic E-state index is -0.810. The zero-order chi connectivity index (χ0) is 14.7. The Kier molecular flexibility index (Phi) is 4.57. The van der Waals surface area contributed by atoms with E-state index in [4.69, 9.17) is 16.3 Å². The van der Waals surface area contributed by atoms with Gasteiger partial charge in [0.2, 0.25) is 0 Å². The summed E-state index contributed by atoms with van der Waals surface area (Å²) in [5.41, 5.74) is 0.701. The molecule has 2 aromatic rings. The van der Waals surface area contributed by atoms with Gasteiger partial charge in [-0.05, 0) is 25.1 Å². The molecular weight excluding hydrogens is 286 g/mol. The average Bonchev–Trinajstić information content (AvgIpc) is 2.40. The van der Waals surface area contributed by atoms with Crippen molar-refractivity contribution in [1.82, 2.24) is 0 Å². The normalized spacial score (nSPS) is 12.2. The van der Waals surface area contributed by atoms with Crippen LogP contribution in [0.1, 0.15) is 24.2 Å². The van der Waals surface area contributed by atoms with E-state index in [2.05, 4.69) is 0 Å². The molecule has 0 fully saturated rings. The number of aliphatic hydroxyl groups is 1. The van der Waals surface area contributed by atoms with Crippen LogP contribution in [0.25, 0.3) is 0 Å². The Labute approximate surface area is 120 Å². The van der Waals surface area contributed by atoms with Crippen LogP contribution < -0.4 is 4.74 Å². The molecule has 2 rings (SSSR count). The van der Waals surface area contributed by atoms with Gasteiger partial charge in [0.05, 0.1) is 11.1 Å². The average molecular weight is 299 g/mol. The molecular formula is C15H13ClF2O2. The Morgan fingerprint density at radius 2 is 2.00 bits per heavy atom. The molecule has 0 radical (unpaired) electrons. The lowest BCUT2D eigenvalue weighted by Crippen LogP contribution is -2.03. The predicted octanol–water partition coefficient (Wildman–Crippen LogP) is 4.25. The largest absolute Gasteiger partial charge is 0.488 e. The molecule has 0 spiro atoms. The highest BCUT2D eigenvalue weighted by molar-refractivity contribution is 6.30. The highest BCUT2D eigenvalue weighted by Crippen LogP contribution is 2.27. The van der Waals surface area contributed by atoms with Gasteiger partial charge in [0.25, 0.3) is 0 Å². The van der Waals surface area contributed by atoms with Gasteiger partial charge in [-0.25, -0.2) is 8.78 Å². The van der Waals surface area contributed by atoms with Gasteiger partial charge in [-0.3, -0.25) is 0 Å². The SMILES string of the molecule is C[C@@H](O)c1ccc(F)cc1OCc1cccc(Cl)c1F. The van der Waals surface area contributed by atoms with Crippen LogP contribution in [-0.4, -0.2) is 5.11 Å². The molecule has 0 bridgehead atoms. The smallest absolute Gasteiger partial charge is 0.148 e. The fourth-order valence-corrected chi connectivity index (χ4v) is 1.99. The van der Waals surface area contributed by atoms with E-state index in [1.807, 2.05) is 0 Å². The van der Waals surface area contributed by atoms with Crippen LogP contribution in [-0.2, 0) is 6.61 Å². The molecule has 0 saturated carbocycles. The Morgan fingerprint density at radius 1 is 1.25 bits per heavy atom. The number of aliphatic hydroxyl groups excluding tert-OH is 1. The molecule has 0 aromatic heterocycles. The Balaban J connectivity index is 2.22. The third kappa shape index (κ3) is 3.26. The van der Waals surface area contributed by atoms with Crippen LogP contribution in [0.2, 0.25) is 5.02 Å². The van der Waals surface area contributed by atoms with E-state index >= 15 is 0 Å². The summed E-state index contributed by atoms with van der Waals surface area (Å²) in [5.74, 6) is -0.875. The van der Waals surface area contributed by atoms with Crippen molar-refractivity contribution >= 4 is 11.6 Å². The Hall–Kier alpha value is -1.65. The minimum Gasteiger partial charge on any atom is -0.488 e. The molecule has 2 nitrogen and oxygen atoms in total. The van der Waals surface area contributed by atoms with E-state index in [0.717, 1.165) is 6.07 Å². The third-order valence-corrected chi connectivity index (χ3v) is 3.13. The predicted molar refractivity (Wildman–Crippen MR) is 72.8 cm³/mol. The molecule has 0 aliphatic rings. The molecule has 2 aromatic carbocycles. The Bertz CT molecular complexity index is 615. The maximum Gasteiger partial charge on any atom is 0.148 e. The van der Waals surface area contributed by atoms with Gasteiger partial charge in [-0.15, -0.1) is 0 Å². The summed E-state index contributed by atoms with van der Waals surface area (Å²) in [7, 11) is 0. The van der Waals surface area contributed by atoms with Crippen molar-refractivity contribution in [2.45, 2.75) is 19.6 Å². The van der Waals surface area contributed by atoms with Gasteiger partial charge in [0, 0.05) is 17.2 Å². The molecule has 5 heteroatoms. The standard InChI is InChI=1S/C15H13ClF2O2/c1-9(19)12-6-5-11(17)7-14(12)20-8-10-3-2-4-13(16)15(10)18/h2-7,9,19H,8H2,1H3/t9-/m1/s1. The molecule has 0 heterocycles. The summed E-state index contributed by atoms with van der Waals surface area (Å²) in [6.07, 6.45) is -0.810. The van der Waals surface area contributed by atoms with Crippen LogP contribution in [0, 0.1) is 11.6 Å². The number of hydrogen-bond donors (Lipinski definition) is 1. The number of rotatable bonds is 4. The summed E-state index contributed by atoms with van der Waals surface area (Å²) in [6, 6.07) is 8.39. The van der Waals surface area contributed by atoms with Crippen molar-refractivity contribution < 1.29 is 18.6 Å². The summed E-state index contributed by atoms with van der Waals surface area (Å²) < 4.78 is 32.3. The first-order valence-corrected chi connectivity index (χ1v) is 6.40. The summed E-state index contributed by atoms with van der Waals surface area (Å²) in [5, 5.41) is 9.59. The van der Waals surface area contributed by atoms with E-state index in [0.29, 0.717) is 5.56 Å². The highest BCUT2D eigenvalue weighted by Gasteiger charge is 2.12.